The zero-order valence-electron chi connectivity index (χ0n) is 13.2. The van der Waals surface area contributed by atoms with Gasteiger partial charge in [0.25, 0.3) is 0 Å². The molecule has 1 aromatic carbocycles. The Balaban J connectivity index is 1.89. The summed E-state index contributed by atoms with van der Waals surface area (Å²) < 4.78 is 13.6. The number of nitrogens with one attached hydrogen (secondary N) is 1. The van der Waals surface area contributed by atoms with Gasteiger partial charge in [0, 0.05) is 18.0 Å². The van der Waals surface area contributed by atoms with Crippen molar-refractivity contribution in [2.75, 3.05) is 6.54 Å². The molecule has 0 bridgehead atoms. The molecule has 1 aromatic heterocycles. The molecular weight excluding hydrogens is 335 g/mol. The molecule has 1 atom stereocenters. The van der Waals surface area contributed by atoms with Gasteiger partial charge in [0.2, 0.25) is 5.91 Å². The first kappa shape index (κ1) is 17.9. The van der Waals surface area contributed by atoms with Gasteiger partial charge >= 0.3 is 0 Å². The number of halogens is 2. The minimum atomic E-state index is -0.278. The highest BCUT2D eigenvalue weighted by Crippen LogP contribution is 2.23. The third-order valence-corrected chi connectivity index (χ3v) is 4.92. The Morgan fingerprint density at radius 2 is 2.00 bits per heavy atom. The molecule has 6 heteroatoms. The van der Waals surface area contributed by atoms with Crippen molar-refractivity contribution in [3.05, 3.63) is 57.0 Å². The van der Waals surface area contributed by atoms with Crippen LogP contribution < -0.4 is 5.32 Å². The molecule has 0 saturated heterocycles. The molecule has 23 heavy (non-hydrogen) atoms. The minimum absolute atomic E-state index is 0.0428. The molecule has 124 valence electrons. The highest BCUT2D eigenvalue weighted by atomic mass is 35.5. The van der Waals surface area contributed by atoms with Crippen LogP contribution in [0.2, 0.25) is 4.34 Å². The molecule has 0 fully saturated rings. The summed E-state index contributed by atoms with van der Waals surface area (Å²) in [6, 6.07) is 9.74. The Bertz CT molecular complexity index is 644. The van der Waals surface area contributed by atoms with E-state index >= 15 is 0 Å². The van der Waals surface area contributed by atoms with Gasteiger partial charge in [0.05, 0.1) is 10.4 Å². The minimum Gasteiger partial charge on any atom is -0.351 e. The highest BCUT2D eigenvalue weighted by molar-refractivity contribution is 7.16. The molecule has 3 nitrogen and oxygen atoms in total. The van der Waals surface area contributed by atoms with Gasteiger partial charge in [-0.15, -0.1) is 11.3 Å². The van der Waals surface area contributed by atoms with Gasteiger partial charge in [-0.05, 0) is 43.3 Å². The van der Waals surface area contributed by atoms with E-state index in [2.05, 4.69) is 10.2 Å². The van der Waals surface area contributed by atoms with Crippen LogP contribution in [0.4, 0.5) is 4.39 Å². The summed E-state index contributed by atoms with van der Waals surface area (Å²) >= 11 is 7.48. The van der Waals surface area contributed by atoms with Crippen LogP contribution in [0, 0.1) is 5.82 Å². The van der Waals surface area contributed by atoms with E-state index in [1.807, 2.05) is 26.0 Å². The summed E-state index contributed by atoms with van der Waals surface area (Å²) in [5.74, 6) is -0.320. The summed E-state index contributed by atoms with van der Waals surface area (Å²) in [4.78, 5) is 15.5. The van der Waals surface area contributed by atoms with Crippen molar-refractivity contribution in [2.45, 2.75) is 33.0 Å². The lowest BCUT2D eigenvalue weighted by Gasteiger charge is -2.26. The molecule has 0 radical (unpaired) electrons. The number of carbonyl (C=O) groups excluding carboxylic acids is 1. The fourth-order valence-corrected chi connectivity index (χ4v) is 3.38. The van der Waals surface area contributed by atoms with Crippen LogP contribution in [0.3, 0.4) is 0 Å². The van der Waals surface area contributed by atoms with Crippen LogP contribution in [-0.4, -0.2) is 23.4 Å². The van der Waals surface area contributed by atoms with E-state index in [4.69, 9.17) is 11.6 Å². The molecule has 2 aromatic rings. The van der Waals surface area contributed by atoms with Gasteiger partial charge in [-0.1, -0.05) is 30.7 Å². The standard InChI is InChI=1S/C17H20ClFN2OS/c1-3-21(11-15-8-9-16(18)23-15)12(2)17(22)20-10-13-4-6-14(19)7-5-13/h4-9,12H,3,10-11H2,1-2H3,(H,20,22). The van der Waals surface area contributed by atoms with E-state index in [1.165, 1.54) is 23.5 Å². The molecule has 0 saturated carbocycles. The van der Waals surface area contributed by atoms with E-state index in [1.54, 1.807) is 12.1 Å². The summed E-state index contributed by atoms with van der Waals surface area (Å²) in [5.41, 5.74) is 0.875. The number of nitrogens with zero attached hydrogens (tertiary/aromatic N) is 1. The SMILES string of the molecule is CCN(Cc1ccc(Cl)s1)C(C)C(=O)NCc1ccc(F)cc1. The summed E-state index contributed by atoms with van der Waals surface area (Å²) in [5, 5.41) is 2.90. The lowest BCUT2D eigenvalue weighted by molar-refractivity contribution is -0.126. The van der Waals surface area contributed by atoms with Gasteiger partial charge in [0.15, 0.2) is 0 Å². The number of carbonyl (C=O) groups is 1. The molecular formula is C17H20ClFN2OS. The monoisotopic (exact) mass is 354 g/mol. The number of thiophene rings is 1. The number of likely N-dealkylation sites (N-methyl/N-ethyl adjacent to an activating group) is 1. The number of rotatable bonds is 7. The van der Waals surface area contributed by atoms with Crippen LogP contribution in [-0.2, 0) is 17.9 Å². The molecule has 0 spiro atoms. The second-order valence-corrected chi connectivity index (χ2v) is 7.09. The first-order chi connectivity index (χ1) is 11.0. The van der Waals surface area contributed by atoms with Crippen molar-refractivity contribution in [3.63, 3.8) is 0 Å². The molecule has 0 aliphatic carbocycles. The Morgan fingerprint density at radius 3 is 2.57 bits per heavy atom. The number of benzene rings is 1. The first-order valence-electron chi connectivity index (χ1n) is 7.50. The molecule has 1 N–H and O–H groups in total. The van der Waals surface area contributed by atoms with Gasteiger partial charge in [-0.25, -0.2) is 4.39 Å². The normalized spacial score (nSPS) is 12.4. The fourth-order valence-electron chi connectivity index (χ4n) is 2.26. The zero-order valence-corrected chi connectivity index (χ0v) is 14.8. The predicted octanol–water partition coefficient (Wildman–Crippen LogP) is 4.07. The largest absolute Gasteiger partial charge is 0.351 e. The Labute approximate surface area is 145 Å². The number of amides is 1. The van der Waals surface area contributed by atoms with Crippen LogP contribution in [0.25, 0.3) is 0 Å². The highest BCUT2D eigenvalue weighted by Gasteiger charge is 2.20. The smallest absolute Gasteiger partial charge is 0.237 e. The van der Waals surface area contributed by atoms with Gasteiger partial charge in [-0.2, -0.15) is 0 Å². The maximum atomic E-state index is 12.9. The van der Waals surface area contributed by atoms with E-state index in [0.29, 0.717) is 13.1 Å². The molecule has 0 aliphatic heterocycles. The second kappa shape index (κ2) is 8.43. The van der Waals surface area contributed by atoms with Crippen molar-refractivity contribution in [1.29, 1.82) is 0 Å². The lowest BCUT2D eigenvalue weighted by atomic mass is 10.2. The Kier molecular flexibility index (Phi) is 6.57. The van der Waals surface area contributed by atoms with Crippen molar-refractivity contribution in [3.8, 4) is 0 Å². The number of hydrogen-bond donors (Lipinski definition) is 1. The fraction of sp³-hybridized carbons (Fsp3) is 0.353. The van der Waals surface area contributed by atoms with Crippen molar-refractivity contribution in [2.24, 2.45) is 0 Å². The lowest BCUT2D eigenvalue weighted by Crippen LogP contribution is -2.44. The molecule has 1 heterocycles. The summed E-state index contributed by atoms with van der Waals surface area (Å²) in [6.45, 7) is 5.77. The van der Waals surface area contributed by atoms with E-state index < -0.39 is 0 Å². The van der Waals surface area contributed by atoms with Crippen molar-refractivity contribution >= 4 is 28.8 Å². The third-order valence-electron chi connectivity index (χ3n) is 3.70. The van der Waals surface area contributed by atoms with Gasteiger partial charge in [0.1, 0.15) is 5.82 Å². The average molecular weight is 355 g/mol. The maximum Gasteiger partial charge on any atom is 0.237 e. The first-order valence-corrected chi connectivity index (χ1v) is 8.69. The van der Waals surface area contributed by atoms with E-state index in [0.717, 1.165) is 21.3 Å². The van der Waals surface area contributed by atoms with Crippen molar-refractivity contribution in [1.82, 2.24) is 10.2 Å². The van der Waals surface area contributed by atoms with Gasteiger partial charge < -0.3 is 5.32 Å². The quantitative estimate of drug-likeness (QED) is 0.813. The summed E-state index contributed by atoms with van der Waals surface area (Å²) in [6.07, 6.45) is 0. The Hall–Kier alpha value is -1.43. The average Bonchev–Trinajstić information content (AvgIpc) is 2.96. The maximum absolute atomic E-state index is 12.9. The number of hydrogen-bond acceptors (Lipinski definition) is 3. The van der Waals surface area contributed by atoms with Crippen molar-refractivity contribution < 1.29 is 9.18 Å². The van der Waals surface area contributed by atoms with Gasteiger partial charge in [-0.3, -0.25) is 9.69 Å². The van der Waals surface area contributed by atoms with Crippen LogP contribution in [0.15, 0.2) is 36.4 Å². The molecule has 1 unspecified atom stereocenters. The van der Waals surface area contributed by atoms with Crippen LogP contribution in [0.1, 0.15) is 24.3 Å². The summed E-state index contributed by atoms with van der Waals surface area (Å²) in [7, 11) is 0. The predicted molar refractivity (Wildman–Crippen MR) is 93.1 cm³/mol. The molecule has 2 rings (SSSR count). The van der Waals surface area contributed by atoms with Crippen LogP contribution >= 0.6 is 22.9 Å². The topological polar surface area (TPSA) is 32.3 Å². The third kappa shape index (κ3) is 5.30. The molecule has 1 amide bonds. The zero-order chi connectivity index (χ0) is 16.8. The van der Waals surface area contributed by atoms with E-state index in [-0.39, 0.29) is 17.8 Å². The Morgan fingerprint density at radius 1 is 1.30 bits per heavy atom. The second-order valence-electron chi connectivity index (χ2n) is 5.29. The van der Waals surface area contributed by atoms with Crippen LogP contribution in [0.5, 0.6) is 0 Å². The molecule has 0 aliphatic rings. The van der Waals surface area contributed by atoms with E-state index in [9.17, 15) is 9.18 Å².